The number of nitro groups is 1. The van der Waals surface area contributed by atoms with Crippen LogP contribution in [0.3, 0.4) is 0 Å². The molecule has 0 aliphatic rings. The minimum atomic E-state index is -0.699. The van der Waals surface area contributed by atoms with E-state index in [4.69, 9.17) is 11.6 Å². The number of carbonyl (C=O) groups excluding carboxylic acids is 1. The van der Waals surface area contributed by atoms with E-state index in [-0.39, 0.29) is 16.9 Å². The maximum absolute atomic E-state index is 11.5. The van der Waals surface area contributed by atoms with Crippen LogP contribution in [0, 0.1) is 10.1 Å². The summed E-state index contributed by atoms with van der Waals surface area (Å²) in [5.41, 5.74) is -0.449. The number of likely N-dealkylation sites (N-methyl/N-ethyl adjacent to an activating group) is 1. The number of amides is 1. The Labute approximate surface area is 108 Å². The lowest BCUT2D eigenvalue weighted by atomic mass is 10.3. The van der Waals surface area contributed by atoms with E-state index < -0.39 is 16.7 Å². The average molecular weight is 274 g/mol. The van der Waals surface area contributed by atoms with Gasteiger partial charge in [-0.25, -0.2) is 9.97 Å². The van der Waals surface area contributed by atoms with Crippen LogP contribution in [0.4, 0.5) is 11.5 Å². The molecule has 1 aromatic rings. The molecular formula is C9H12ClN5O3. The monoisotopic (exact) mass is 273 g/mol. The normalized spacial score (nSPS) is 11.7. The van der Waals surface area contributed by atoms with E-state index in [0.29, 0.717) is 6.54 Å². The molecule has 0 aliphatic carbocycles. The Morgan fingerprint density at radius 2 is 2.28 bits per heavy atom. The highest BCUT2D eigenvalue weighted by atomic mass is 35.5. The number of nitrogens with zero attached hydrogens (tertiary/aromatic N) is 3. The van der Waals surface area contributed by atoms with E-state index >= 15 is 0 Å². The maximum Gasteiger partial charge on any atom is 0.348 e. The first-order valence-electron chi connectivity index (χ1n) is 5.16. The Morgan fingerprint density at radius 1 is 1.61 bits per heavy atom. The summed E-state index contributed by atoms with van der Waals surface area (Å²) in [6.07, 6.45) is 1.09. The first kappa shape index (κ1) is 14.1. The molecule has 98 valence electrons. The number of carbonyl (C=O) groups is 1. The zero-order valence-electron chi connectivity index (χ0n) is 9.81. The van der Waals surface area contributed by atoms with Gasteiger partial charge in [-0.15, -0.1) is 0 Å². The SMILES string of the molecule is CCNC(=O)C(C)Nc1ncnc(Cl)c1[N+](=O)[O-]. The molecular weight excluding hydrogens is 262 g/mol. The summed E-state index contributed by atoms with van der Waals surface area (Å²) < 4.78 is 0. The van der Waals surface area contributed by atoms with E-state index in [1.54, 1.807) is 13.8 Å². The number of nitrogens with one attached hydrogen (secondary N) is 2. The molecule has 0 aromatic carbocycles. The van der Waals surface area contributed by atoms with Gasteiger partial charge in [0, 0.05) is 6.54 Å². The Balaban J connectivity index is 2.94. The summed E-state index contributed by atoms with van der Waals surface area (Å²) in [6.45, 7) is 3.80. The molecule has 1 amide bonds. The summed E-state index contributed by atoms with van der Waals surface area (Å²) >= 11 is 5.62. The molecule has 0 spiro atoms. The smallest absolute Gasteiger partial charge is 0.348 e. The molecule has 1 heterocycles. The van der Waals surface area contributed by atoms with E-state index in [2.05, 4.69) is 20.6 Å². The molecule has 0 aliphatic heterocycles. The van der Waals surface area contributed by atoms with Crippen LogP contribution in [0.15, 0.2) is 6.33 Å². The Hall–Kier alpha value is -1.96. The molecule has 8 nitrogen and oxygen atoms in total. The van der Waals surface area contributed by atoms with Gasteiger partial charge in [-0.3, -0.25) is 14.9 Å². The molecule has 18 heavy (non-hydrogen) atoms. The quantitative estimate of drug-likeness (QED) is 0.470. The molecule has 1 rings (SSSR count). The predicted molar refractivity (Wildman–Crippen MR) is 65.5 cm³/mol. The van der Waals surface area contributed by atoms with Crippen molar-refractivity contribution in [1.82, 2.24) is 15.3 Å². The Bertz CT molecular complexity index is 468. The highest BCUT2D eigenvalue weighted by Gasteiger charge is 2.24. The van der Waals surface area contributed by atoms with Crippen LogP contribution in [-0.2, 0) is 4.79 Å². The van der Waals surface area contributed by atoms with E-state index in [0.717, 1.165) is 6.33 Å². The number of hydrogen-bond acceptors (Lipinski definition) is 6. The molecule has 0 radical (unpaired) electrons. The Kier molecular flexibility index (Phi) is 4.78. The fourth-order valence-corrected chi connectivity index (χ4v) is 1.42. The fraction of sp³-hybridized carbons (Fsp3) is 0.444. The van der Waals surface area contributed by atoms with Crippen molar-refractivity contribution in [2.24, 2.45) is 0 Å². The molecule has 9 heteroatoms. The van der Waals surface area contributed by atoms with Gasteiger partial charge in [-0.2, -0.15) is 0 Å². The highest BCUT2D eigenvalue weighted by Crippen LogP contribution is 2.28. The van der Waals surface area contributed by atoms with Gasteiger partial charge >= 0.3 is 5.69 Å². The predicted octanol–water partition coefficient (Wildman–Crippen LogP) is 0.975. The summed E-state index contributed by atoms with van der Waals surface area (Å²) in [6, 6.07) is -0.672. The molecule has 0 saturated heterocycles. The van der Waals surface area contributed by atoms with Gasteiger partial charge in [0.15, 0.2) is 0 Å². The number of rotatable bonds is 5. The lowest BCUT2D eigenvalue weighted by Crippen LogP contribution is -2.37. The van der Waals surface area contributed by atoms with Crippen molar-refractivity contribution >= 4 is 29.0 Å². The van der Waals surface area contributed by atoms with Crippen molar-refractivity contribution in [3.05, 3.63) is 21.6 Å². The molecule has 0 fully saturated rings. The van der Waals surface area contributed by atoms with Crippen molar-refractivity contribution < 1.29 is 9.72 Å². The van der Waals surface area contributed by atoms with Gasteiger partial charge in [-0.1, -0.05) is 11.6 Å². The van der Waals surface area contributed by atoms with Crippen LogP contribution >= 0.6 is 11.6 Å². The topological polar surface area (TPSA) is 110 Å². The number of hydrogen-bond donors (Lipinski definition) is 2. The lowest BCUT2D eigenvalue weighted by molar-refractivity contribution is -0.384. The summed E-state index contributed by atoms with van der Waals surface area (Å²) in [7, 11) is 0. The van der Waals surface area contributed by atoms with Crippen molar-refractivity contribution in [2.45, 2.75) is 19.9 Å². The highest BCUT2D eigenvalue weighted by molar-refractivity contribution is 6.31. The summed E-state index contributed by atoms with van der Waals surface area (Å²) in [5, 5.41) is 15.8. The second-order valence-electron chi connectivity index (χ2n) is 3.38. The fourth-order valence-electron chi connectivity index (χ4n) is 1.22. The van der Waals surface area contributed by atoms with Crippen LogP contribution in [0.5, 0.6) is 0 Å². The van der Waals surface area contributed by atoms with Gasteiger partial charge in [-0.05, 0) is 13.8 Å². The largest absolute Gasteiger partial charge is 0.355 e. The van der Waals surface area contributed by atoms with Gasteiger partial charge in [0.25, 0.3) is 0 Å². The molecule has 1 unspecified atom stereocenters. The van der Waals surface area contributed by atoms with E-state index in [1.807, 2.05) is 0 Å². The van der Waals surface area contributed by atoms with Crippen LogP contribution in [0.1, 0.15) is 13.8 Å². The summed E-state index contributed by atoms with van der Waals surface area (Å²) in [4.78, 5) is 28.9. The lowest BCUT2D eigenvalue weighted by Gasteiger charge is -2.13. The van der Waals surface area contributed by atoms with Crippen molar-refractivity contribution in [2.75, 3.05) is 11.9 Å². The van der Waals surface area contributed by atoms with Gasteiger partial charge in [0.1, 0.15) is 12.4 Å². The standard InChI is InChI=1S/C9H12ClN5O3/c1-3-11-9(16)5(2)14-8-6(15(17)18)7(10)12-4-13-8/h4-5H,3H2,1-2H3,(H,11,16)(H,12,13,14). The molecule has 1 aromatic heterocycles. The minimum Gasteiger partial charge on any atom is -0.355 e. The number of aromatic nitrogens is 2. The van der Waals surface area contributed by atoms with Gasteiger partial charge < -0.3 is 10.6 Å². The van der Waals surface area contributed by atoms with Crippen LogP contribution in [0.25, 0.3) is 0 Å². The third-order valence-corrected chi connectivity index (χ3v) is 2.33. The zero-order chi connectivity index (χ0) is 13.7. The van der Waals surface area contributed by atoms with Crippen molar-refractivity contribution in [3.8, 4) is 0 Å². The van der Waals surface area contributed by atoms with Gasteiger partial charge in [0.05, 0.1) is 4.92 Å². The van der Waals surface area contributed by atoms with E-state index in [9.17, 15) is 14.9 Å². The molecule has 0 bridgehead atoms. The molecule has 0 saturated carbocycles. The Morgan fingerprint density at radius 3 is 2.83 bits per heavy atom. The third-order valence-electron chi connectivity index (χ3n) is 2.06. The minimum absolute atomic E-state index is 0.0845. The average Bonchev–Trinajstić information content (AvgIpc) is 2.28. The summed E-state index contributed by atoms with van der Waals surface area (Å²) in [5.74, 6) is -0.375. The second-order valence-corrected chi connectivity index (χ2v) is 3.74. The van der Waals surface area contributed by atoms with Crippen LogP contribution in [-0.4, -0.2) is 33.4 Å². The molecule has 1 atom stereocenters. The van der Waals surface area contributed by atoms with Crippen LogP contribution in [0.2, 0.25) is 5.15 Å². The van der Waals surface area contributed by atoms with Crippen molar-refractivity contribution in [3.63, 3.8) is 0 Å². The van der Waals surface area contributed by atoms with E-state index in [1.165, 1.54) is 0 Å². The first-order valence-corrected chi connectivity index (χ1v) is 5.54. The molecule has 2 N–H and O–H groups in total. The maximum atomic E-state index is 11.5. The van der Waals surface area contributed by atoms with Gasteiger partial charge in [0.2, 0.25) is 16.9 Å². The number of halogens is 1. The van der Waals surface area contributed by atoms with Crippen molar-refractivity contribution in [1.29, 1.82) is 0 Å². The first-order chi connectivity index (χ1) is 8.47. The second kappa shape index (κ2) is 6.10. The number of anilines is 1. The zero-order valence-corrected chi connectivity index (χ0v) is 10.6. The third kappa shape index (κ3) is 3.27. The van der Waals surface area contributed by atoms with Crippen LogP contribution < -0.4 is 10.6 Å².